The summed E-state index contributed by atoms with van der Waals surface area (Å²) in [6, 6.07) is 6.23. The fraction of sp³-hybridized carbons (Fsp3) is 0.444. The Morgan fingerprint density at radius 1 is 1.36 bits per heavy atom. The molecule has 1 unspecified atom stereocenters. The number of hydrogen-bond donors (Lipinski definition) is 0. The minimum Gasteiger partial charge on any atom is -0.456 e. The standard InChI is InChI=1S/C18H24N2O2/c1-4-5-6-18(21)22-17(12-20-10-9-19-13-20)16-8-7-14(2)11-15(16)3/h7-11,13,17H,4-6,12H2,1-3H3. The lowest BCUT2D eigenvalue weighted by molar-refractivity contribution is -0.150. The summed E-state index contributed by atoms with van der Waals surface area (Å²) >= 11 is 0. The van der Waals surface area contributed by atoms with E-state index in [4.69, 9.17) is 4.74 Å². The summed E-state index contributed by atoms with van der Waals surface area (Å²) in [6.45, 7) is 6.78. The predicted octanol–water partition coefficient (Wildman–Crippen LogP) is 3.97. The number of esters is 1. The molecular formula is C18H24N2O2. The van der Waals surface area contributed by atoms with Gasteiger partial charge in [-0.05, 0) is 31.4 Å². The lowest BCUT2D eigenvalue weighted by Crippen LogP contribution is -2.17. The van der Waals surface area contributed by atoms with Crippen molar-refractivity contribution in [2.24, 2.45) is 0 Å². The van der Waals surface area contributed by atoms with Crippen LogP contribution in [0.2, 0.25) is 0 Å². The molecule has 0 fully saturated rings. The second-order valence-corrected chi connectivity index (χ2v) is 5.70. The van der Waals surface area contributed by atoms with E-state index in [9.17, 15) is 4.79 Å². The van der Waals surface area contributed by atoms with Gasteiger partial charge in [0.1, 0.15) is 6.10 Å². The molecule has 118 valence electrons. The van der Waals surface area contributed by atoms with E-state index in [1.165, 1.54) is 5.56 Å². The molecule has 0 spiro atoms. The molecule has 0 saturated carbocycles. The summed E-state index contributed by atoms with van der Waals surface area (Å²) in [5, 5.41) is 0. The zero-order valence-corrected chi connectivity index (χ0v) is 13.6. The predicted molar refractivity (Wildman–Crippen MR) is 86.5 cm³/mol. The van der Waals surface area contributed by atoms with Gasteiger partial charge in [0.15, 0.2) is 0 Å². The van der Waals surface area contributed by atoms with Gasteiger partial charge in [-0.25, -0.2) is 4.98 Å². The van der Waals surface area contributed by atoms with Gasteiger partial charge in [-0.3, -0.25) is 4.79 Å². The highest BCUT2D eigenvalue weighted by atomic mass is 16.5. The minimum absolute atomic E-state index is 0.132. The Balaban J connectivity index is 2.18. The Hall–Kier alpha value is -2.10. The molecule has 1 heterocycles. The van der Waals surface area contributed by atoms with E-state index in [2.05, 4.69) is 44.0 Å². The van der Waals surface area contributed by atoms with Crippen LogP contribution < -0.4 is 0 Å². The summed E-state index contributed by atoms with van der Waals surface area (Å²) in [5.74, 6) is -0.132. The maximum atomic E-state index is 12.0. The van der Waals surface area contributed by atoms with Crippen molar-refractivity contribution in [1.82, 2.24) is 9.55 Å². The number of hydrogen-bond acceptors (Lipinski definition) is 3. The number of nitrogens with zero attached hydrogens (tertiary/aromatic N) is 2. The average Bonchev–Trinajstić information content (AvgIpc) is 2.97. The highest BCUT2D eigenvalue weighted by molar-refractivity contribution is 5.69. The van der Waals surface area contributed by atoms with Gasteiger partial charge < -0.3 is 9.30 Å². The van der Waals surface area contributed by atoms with E-state index in [1.54, 1.807) is 12.5 Å². The molecule has 1 aromatic heterocycles. The Labute approximate surface area is 132 Å². The van der Waals surface area contributed by atoms with Crippen LogP contribution in [0, 0.1) is 13.8 Å². The average molecular weight is 300 g/mol. The Morgan fingerprint density at radius 2 is 2.18 bits per heavy atom. The van der Waals surface area contributed by atoms with Gasteiger partial charge in [0, 0.05) is 18.8 Å². The molecule has 0 saturated heterocycles. The molecule has 0 aliphatic heterocycles. The highest BCUT2D eigenvalue weighted by Gasteiger charge is 2.19. The number of rotatable bonds is 7. The van der Waals surface area contributed by atoms with Gasteiger partial charge in [0.2, 0.25) is 0 Å². The maximum absolute atomic E-state index is 12.0. The maximum Gasteiger partial charge on any atom is 0.306 e. The SMILES string of the molecule is CCCCC(=O)OC(Cn1ccnc1)c1ccc(C)cc1C. The van der Waals surface area contributed by atoms with E-state index >= 15 is 0 Å². The Morgan fingerprint density at radius 3 is 2.82 bits per heavy atom. The molecule has 4 nitrogen and oxygen atoms in total. The van der Waals surface area contributed by atoms with Crippen molar-refractivity contribution in [3.8, 4) is 0 Å². The first-order chi connectivity index (χ1) is 10.6. The van der Waals surface area contributed by atoms with Crippen LogP contribution in [0.1, 0.15) is 49.0 Å². The van der Waals surface area contributed by atoms with Crippen LogP contribution in [-0.4, -0.2) is 15.5 Å². The summed E-state index contributed by atoms with van der Waals surface area (Å²) in [4.78, 5) is 16.1. The van der Waals surface area contributed by atoms with Crippen LogP contribution >= 0.6 is 0 Å². The molecule has 1 aromatic carbocycles. The topological polar surface area (TPSA) is 44.1 Å². The number of aryl methyl sites for hydroxylation is 2. The zero-order chi connectivity index (χ0) is 15.9. The van der Waals surface area contributed by atoms with Gasteiger partial charge in [0.05, 0.1) is 12.9 Å². The number of unbranched alkanes of at least 4 members (excludes halogenated alkanes) is 1. The monoisotopic (exact) mass is 300 g/mol. The number of carbonyl (C=O) groups is 1. The molecule has 1 atom stereocenters. The second kappa shape index (κ2) is 7.78. The van der Waals surface area contributed by atoms with E-state index < -0.39 is 0 Å². The first kappa shape index (κ1) is 16.3. The Bertz CT molecular complexity index is 606. The number of aromatic nitrogens is 2. The number of ether oxygens (including phenoxy) is 1. The van der Waals surface area contributed by atoms with E-state index in [0.717, 1.165) is 24.0 Å². The third-order valence-electron chi connectivity index (χ3n) is 3.72. The van der Waals surface area contributed by atoms with Crippen molar-refractivity contribution >= 4 is 5.97 Å². The highest BCUT2D eigenvalue weighted by Crippen LogP contribution is 2.25. The number of benzene rings is 1. The second-order valence-electron chi connectivity index (χ2n) is 5.70. The first-order valence-corrected chi connectivity index (χ1v) is 7.82. The van der Waals surface area contributed by atoms with Gasteiger partial charge in [0.25, 0.3) is 0 Å². The molecule has 22 heavy (non-hydrogen) atoms. The normalized spacial score (nSPS) is 12.1. The van der Waals surface area contributed by atoms with Crippen molar-refractivity contribution in [2.45, 2.75) is 52.7 Å². The zero-order valence-electron chi connectivity index (χ0n) is 13.6. The van der Waals surface area contributed by atoms with Crippen molar-refractivity contribution in [3.63, 3.8) is 0 Å². The number of carbonyl (C=O) groups excluding carboxylic acids is 1. The first-order valence-electron chi connectivity index (χ1n) is 7.82. The lowest BCUT2D eigenvalue weighted by atomic mass is 10.0. The summed E-state index contributed by atoms with van der Waals surface area (Å²) in [7, 11) is 0. The quantitative estimate of drug-likeness (QED) is 0.727. The molecule has 0 bridgehead atoms. The van der Waals surface area contributed by atoms with Crippen LogP contribution in [0.25, 0.3) is 0 Å². The van der Waals surface area contributed by atoms with Crippen molar-refractivity contribution in [3.05, 3.63) is 53.6 Å². The minimum atomic E-state index is -0.279. The smallest absolute Gasteiger partial charge is 0.306 e. The summed E-state index contributed by atoms with van der Waals surface area (Å²) < 4.78 is 7.69. The summed E-state index contributed by atoms with van der Waals surface area (Å²) in [5.41, 5.74) is 3.41. The molecule has 0 amide bonds. The van der Waals surface area contributed by atoms with Crippen molar-refractivity contribution in [2.75, 3.05) is 0 Å². The molecule has 0 radical (unpaired) electrons. The van der Waals surface area contributed by atoms with Gasteiger partial charge >= 0.3 is 5.97 Å². The molecule has 0 aliphatic rings. The van der Waals surface area contributed by atoms with Crippen molar-refractivity contribution in [1.29, 1.82) is 0 Å². The lowest BCUT2D eigenvalue weighted by Gasteiger charge is -2.21. The van der Waals surface area contributed by atoms with Crippen molar-refractivity contribution < 1.29 is 9.53 Å². The van der Waals surface area contributed by atoms with Crippen LogP contribution in [0.4, 0.5) is 0 Å². The van der Waals surface area contributed by atoms with E-state index in [-0.39, 0.29) is 12.1 Å². The summed E-state index contributed by atoms with van der Waals surface area (Å²) in [6.07, 6.45) is 7.42. The molecule has 0 N–H and O–H groups in total. The molecule has 0 aliphatic carbocycles. The number of imidazole rings is 1. The van der Waals surface area contributed by atoms with E-state index in [1.807, 2.05) is 10.8 Å². The fourth-order valence-corrected chi connectivity index (χ4v) is 2.51. The fourth-order valence-electron chi connectivity index (χ4n) is 2.51. The van der Waals surface area contributed by atoms with Gasteiger partial charge in [-0.2, -0.15) is 0 Å². The Kier molecular flexibility index (Phi) is 5.75. The van der Waals surface area contributed by atoms with Crippen LogP contribution in [0.15, 0.2) is 36.9 Å². The van der Waals surface area contributed by atoms with Crippen LogP contribution in [0.5, 0.6) is 0 Å². The molecule has 2 aromatic rings. The molecular weight excluding hydrogens is 276 g/mol. The largest absolute Gasteiger partial charge is 0.456 e. The molecule has 4 heteroatoms. The van der Waals surface area contributed by atoms with Crippen LogP contribution in [-0.2, 0) is 16.1 Å². The third-order valence-corrected chi connectivity index (χ3v) is 3.72. The van der Waals surface area contributed by atoms with Gasteiger partial charge in [-0.15, -0.1) is 0 Å². The van der Waals surface area contributed by atoms with E-state index in [0.29, 0.717) is 13.0 Å². The third kappa shape index (κ3) is 4.45. The van der Waals surface area contributed by atoms with Crippen LogP contribution in [0.3, 0.4) is 0 Å². The molecule has 2 rings (SSSR count). The van der Waals surface area contributed by atoms with Gasteiger partial charge in [-0.1, -0.05) is 37.1 Å².